The Morgan fingerprint density at radius 2 is 1.68 bits per heavy atom. The van der Waals surface area contributed by atoms with Crippen molar-refractivity contribution in [3.8, 4) is 28.3 Å². The predicted octanol–water partition coefficient (Wildman–Crippen LogP) is 5.51. The van der Waals surface area contributed by atoms with Crippen LogP contribution in [0.4, 0.5) is 14.5 Å². The summed E-state index contributed by atoms with van der Waals surface area (Å²) in [6.07, 6.45) is 2.87. The fourth-order valence-electron chi connectivity index (χ4n) is 6.32. The second kappa shape index (κ2) is 13.0. The number of benzene rings is 2. The molecule has 2 aromatic heterocycles. The molecule has 0 unspecified atom stereocenters. The first-order valence-corrected chi connectivity index (χ1v) is 15.6. The van der Waals surface area contributed by atoms with Crippen molar-refractivity contribution in [3.63, 3.8) is 0 Å². The van der Waals surface area contributed by atoms with E-state index in [1.165, 1.54) is 38.6 Å². The quantitative estimate of drug-likeness (QED) is 0.286. The lowest BCUT2D eigenvalue weighted by molar-refractivity contribution is -0.130. The normalized spacial score (nSPS) is 16.2. The van der Waals surface area contributed by atoms with Crippen molar-refractivity contribution in [1.82, 2.24) is 24.6 Å². The molecule has 1 fully saturated rings. The summed E-state index contributed by atoms with van der Waals surface area (Å²) in [6, 6.07) is 8.03. The number of nitrogens with one attached hydrogen (secondary N) is 1. The number of pyridine rings is 1. The van der Waals surface area contributed by atoms with Gasteiger partial charge in [0.1, 0.15) is 17.2 Å². The number of carbonyl (C=O) groups is 2. The van der Waals surface area contributed by atoms with E-state index in [0.717, 1.165) is 53.9 Å². The van der Waals surface area contributed by atoms with E-state index in [-0.39, 0.29) is 44.4 Å². The SMILES string of the molecule is COc1nc(-c2ccc(F)c(-c3c(F)ccc(NC(=O)c4ccnn(C)c4=O)c3Cl)c2Cl)cc2c1[C@@H](N1CCN(C(C)=O)CC1)CC2. The van der Waals surface area contributed by atoms with Crippen LogP contribution in [0.1, 0.15) is 40.9 Å². The third-order valence-corrected chi connectivity index (χ3v) is 9.51. The number of hydrogen-bond donors (Lipinski definition) is 1. The molecule has 0 spiro atoms. The highest BCUT2D eigenvalue weighted by Gasteiger charge is 2.35. The topological polar surface area (TPSA) is 110 Å². The molecule has 0 bridgehead atoms. The van der Waals surface area contributed by atoms with Crippen LogP contribution in [0.15, 0.2) is 47.4 Å². The van der Waals surface area contributed by atoms with Gasteiger partial charge in [-0.05, 0) is 54.8 Å². The minimum atomic E-state index is -0.877. The van der Waals surface area contributed by atoms with E-state index < -0.39 is 23.1 Å². The number of piperazine rings is 1. The standard InChI is InChI=1S/C33H30Cl2F2N6O4/c1-17(44)42-12-14-43(15-13-42)25-9-4-18-16-24(40-32(47-3)26(18)25)19-5-6-21(36)27(29(19)34)28-22(37)7-8-23(30(28)35)39-31(45)20-10-11-38-41(2)33(20)46/h5-8,10-11,16,25H,4,9,12-15H2,1-3H3,(H,39,45)/t25-/m0/s1. The maximum Gasteiger partial charge on any atom is 0.279 e. The van der Waals surface area contributed by atoms with Crippen molar-refractivity contribution >= 4 is 40.7 Å². The Hall–Kier alpha value is -4.39. The van der Waals surface area contributed by atoms with Crippen molar-refractivity contribution in [2.75, 3.05) is 38.6 Å². The highest BCUT2D eigenvalue weighted by atomic mass is 35.5. The zero-order valence-corrected chi connectivity index (χ0v) is 27.3. The van der Waals surface area contributed by atoms with Gasteiger partial charge >= 0.3 is 0 Å². The lowest BCUT2D eigenvalue weighted by Crippen LogP contribution is -2.48. The number of rotatable bonds is 6. The van der Waals surface area contributed by atoms with E-state index in [2.05, 4.69) is 15.3 Å². The molecule has 244 valence electrons. The van der Waals surface area contributed by atoms with Gasteiger partial charge in [-0.25, -0.2) is 18.4 Å². The molecule has 2 amide bonds. The monoisotopic (exact) mass is 682 g/mol. The number of anilines is 1. The molecule has 10 nitrogen and oxygen atoms in total. The number of nitrogens with zero attached hydrogens (tertiary/aromatic N) is 5. The van der Waals surface area contributed by atoms with Crippen molar-refractivity contribution in [2.45, 2.75) is 25.8 Å². The first-order chi connectivity index (χ1) is 22.5. The van der Waals surface area contributed by atoms with E-state index in [1.54, 1.807) is 6.92 Å². The molecule has 47 heavy (non-hydrogen) atoms. The second-order valence-corrected chi connectivity index (χ2v) is 12.1. The molecule has 0 saturated carbocycles. The van der Waals surface area contributed by atoms with E-state index in [1.807, 2.05) is 11.0 Å². The molecular weight excluding hydrogens is 653 g/mol. The maximum absolute atomic E-state index is 15.5. The minimum Gasteiger partial charge on any atom is -0.481 e. The highest BCUT2D eigenvalue weighted by molar-refractivity contribution is 6.39. The fraction of sp³-hybridized carbons (Fsp3) is 0.303. The molecule has 1 aliphatic carbocycles. The Bertz CT molecular complexity index is 1980. The van der Waals surface area contributed by atoms with Crippen LogP contribution in [0.2, 0.25) is 10.0 Å². The molecule has 1 saturated heterocycles. The van der Waals surface area contributed by atoms with E-state index in [4.69, 9.17) is 32.9 Å². The zero-order valence-electron chi connectivity index (χ0n) is 25.7. The number of aryl methyl sites for hydroxylation is 2. The number of halogens is 4. The van der Waals surface area contributed by atoms with Gasteiger partial charge in [0, 0.05) is 74.6 Å². The van der Waals surface area contributed by atoms with Gasteiger partial charge in [-0.15, -0.1) is 0 Å². The Morgan fingerprint density at radius 3 is 2.36 bits per heavy atom. The number of ether oxygens (including phenoxy) is 1. The Kier molecular flexibility index (Phi) is 9.01. The average Bonchev–Trinajstić information content (AvgIpc) is 3.49. The number of fused-ring (bicyclic) bond motifs is 1. The van der Waals surface area contributed by atoms with Gasteiger partial charge < -0.3 is 15.0 Å². The lowest BCUT2D eigenvalue weighted by atomic mass is 9.98. The Morgan fingerprint density at radius 1 is 1.00 bits per heavy atom. The first-order valence-electron chi connectivity index (χ1n) is 14.9. The van der Waals surface area contributed by atoms with Gasteiger partial charge in [0.05, 0.1) is 28.5 Å². The van der Waals surface area contributed by atoms with Crippen molar-refractivity contribution in [2.24, 2.45) is 7.05 Å². The van der Waals surface area contributed by atoms with Gasteiger partial charge in [-0.2, -0.15) is 5.10 Å². The Balaban J connectivity index is 1.36. The molecule has 1 atom stereocenters. The van der Waals surface area contributed by atoms with Crippen LogP contribution in [0.25, 0.3) is 22.4 Å². The molecule has 2 aliphatic rings. The number of methoxy groups -OCH3 is 1. The van der Waals surface area contributed by atoms with Crippen molar-refractivity contribution < 1.29 is 23.1 Å². The van der Waals surface area contributed by atoms with Gasteiger partial charge in [-0.1, -0.05) is 23.2 Å². The molecule has 2 aromatic carbocycles. The number of carbonyl (C=O) groups excluding carboxylic acids is 2. The molecule has 14 heteroatoms. The van der Waals surface area contributed by atoms with Crippen LogP contribution in [0.3, 0.4) is 0 Å². The van der Waals surface area contributed by atoms with Crippen LogP contribution in [0.5, 0.6) is 5.88 Å². The fourth-order valence-corrected chi connectivity index (χ4v) is 6.95. The van der Waals surface area contributed by atoms with Crippen LogP contribution >= 0.6 is 23.2 Å². The highest BCUT2D eigenvalue weighted by Crippen LogP contribution is 2.47. The molecule has 3 heterocycles. The summed E-state index contributed by atoms with van der Waals surface area (Å²) in [4.78, 5) is 46.1. The van der Waals surface area contributed by atoms with Crippen LogP contribution in [0, 0.1) is 11.6 Å². The van der Waals surface area contributed by atoms with Gasteiger partial charge in [0.15, 0.2) is 0 Å². The summed E-state index contributed by atoms with van der Waals surface area (Å²) in [5, 5.41) is 5.85. The third-order valence-electron chi connectivity index (χ3n) is 8.73. The van der Waals surface area contributed by atoms with Crippen LogP contribution in [-0.4, -0.2) is 69.7 Å². The molecule has 1 aliphatic heterocycles. The maximum atomic E-state index is 15.5. The van der Waals surface area contributed by atoms with Crippen molar-refractivity contribution in [1.29, 1.82) is 0 Å². The largest absolute Gasteiger partial charge is 0.481 e. The molecule has 1 N–H and O–H groups in total. The number of aromatic nitrogens is 3. The van der Waals surface area contributed by atoms with E-state index in [9.17, 15) is 14.4 Å². The first kappa shape index (κ1) is 32.5. The molecule has 0 radical (unpaired) electrons. The average molecular weight is 684 g/mol. The summed E-state index contributed by atoms with van der Waals surface area (Å²) in [7, 11) is 2.92. The summed E-state index contributed by atoms with van der Waals surface area (Å²) in [5.41, 5.74) is 1.10. The van der Waals surface area contributed by atoms with Gasteiger partial charge in [0.25, 0.3) is 11.5 Å². The van der Waals surface area contributed by atoms with Gasteiger partial charge in [-0.3, -0.25) is 19.3 Å². The summed E-state index contributed by atoms with van der Waals surface area (Å²) >= 11 is 13.4. The minimum absolute atomic E-state index is 0.0553. The zero-order chi connectivity index (χ0) is 33.6. The molecular formula is C33H30Cl2F2N6O4. The number of hydrogen-bond acceptors (Lipinski definition) is 7. The Labute approximate surface area is 278 Å². The van der Waals surface area contributed by atoms with Crippen LogP contribution in [-0.2, 0) is 18.3 Å². The lowest BCUT2D eigenvalue weighted by Gasteiger charge is -2.38. The molecule has 4 aromatic rings. The van der Waals surface area contributed by atoms with Gasteiger partial charge in [0.2, 0.25) is 11.8 Å². The summed E-state index contributed by atoms with van der Waals surface area (Å²) in [6.45, 7) is 4.33. The smallest absolute Gasteiger partial charge is 0.279 e. The predicted molar refractivity (Wildman–Crippen MR) is 174 cm³/mol. The second-order valence-electron chi connectivity index (χ2n) is 11.4. The molecule has 6 rings (SSSR count). The van der Waals surface area contributed by atoms with Crippen molar-refractivity contribution in [3.05, 3.63) is 91.3 Å². The van der Waals surface area contributed by atoms with E-state index >= 15 is 8.78 Å². The van der Waals surface area contributed by atoms with Crippen LogP contribution < -0.4 is 15.6 Å². The summed E-state index contributed by atoms with van der Waals surface area (Å²) in [5.74, 6) is -2.05. The van der Waals surface area contributed by atoms with E-state index in [0.29, 0.717) is 30.2 Å². The number of amides is 2. The summed E-state index contributed by atoms with van der Waals surface area (Å²) < 4.78 is 37.7. The third kappa shape index (κ3) is 5.97.